The lowest BCUT2D eigenvalue weighted by molar-refractivity contribution is 1.25. The fraction of sp³-hybridized carbons (Fsp3) is 0.143. The second-order valence-electron chi connectivity index (χ2n) is 2.10. The van der Waals surface area contributed by atoms with E-state index < -0.39 is 0 Å². The van der Waals surface area contributed by atoms with Crippen molar-refractivity contribution in [2.75, 3.05) is 5.88 Å². The molecule has 0 fully saturated rings. The molecule has 0 aliphatic carbocycles. The fourth-order valence-corrected chi connectivity index (χ4v) is 1.43. The molecule has 0 atom stereocenters. The molecule has 1 aromatic heterocycles. The van der Waals surface area contributed by atoms with E-state index in [1.807, 2.05) is 18.2 Å². The zero-order chi connectivity index (χ0) is 7.52. The monoisotopic (exact) mass is 165 g/mol. The summed E-state index contributed by atoms with van der Waals surface area (Å²) in [6, 6.07) is 5.79. The minimum Gasteiger partial charge on any atom is -0.311 e. The summed E-state index contributed by atoms with van der Waals surface area (Å²) in [5.41, 5.74) is 0.914. The van der Waals surface area contributed by atoms with Crippen LogP contribution in [-0.4, -0.2) is 16.7 Å². The van der Waals surface area contributed by atoms with Crippen molar-refractivity contribution in [2.45, 2.75) is 0 Å². The van der Waals surface area contributed by atoms with Gasteiger partial charge in [-0.15, -0.1) is 0 Å². The van der Waals surface area contributed by atoms with Gasteiger partial charge in [-0.3, -0.25) is 9.98 Å². The molecule has 0 bridgehead atoms. The standard InChI is InChI=1S/C7H7N3S/c1-2-4-8-6(3-1)7-9-5-11-10-7/h1-4H,5H2,(H,9,10). The van der Waals surface area contributed by atoms with Crippen LogP contribution in [0.1, 0.15) is 5.69 Å². The summed E-state index contributed by atoms with van der Waals surface area (Å²) in [5.74, 6) is 1.67. The van der Waals surface area contributed by atoms with Gasteiger partial charge in [-0.05, 0) is 24.1 Å². The summed E-state index contributed by atoms with van der Waals surface area (Å²) in [5, 5.41) is 0. The van der Waals surface area contributed by atoms with Gasteiger partial charge in [0.2, 0.25) is 0 Å². The van der Waals surface area contributed by atoms with Crippen LogP contribution < -0.4 is 4.72 Å². The number of hydrogen-bond acceptors (Lipinski definition) is 4. The first-order valence-electron chi connectivity index (χ1n) is 3.30. The quantitative estimate of drug-likeness (QED) is 0.632. The first kappa shape index (κ1) is 6.67. The molecular formula is C7H7N3S. The summed E-state index contributed by atoms with van der Waals surface area (Å²) in [6.45, 7) is 0. The van der Waals surface area contributed by atoms with Crippen molar-refractivity contribution >= 4 is 17.8 Å². The molecule has 3 nitrogen and oxygen atoms in total. The summed E-state index contributed by atoms with van der Waals surface area (Å²) in [7, 11) is 0. The normalized spacial score (nSPS) is 15.8. The third-order valence-corrected chi connectivity index (χ3v) is 1.96. The van der Waals surface area contributed by atoms with Crippen LogP contribution in [0.15, 0.2) is 29.4 Å². The van der Waals surface area contributed by atoms with Crippen molar-refractivity contribution in [3.63, 3.8) is 0 Å². The van der Waals surface area contributed by atoms with Crippen molar-refractivity contribution in [2.24, 2.45) is 4.99 Å². The molecule has 0 saturated carbocycles. The van der Waals surface area contributed by atoms with Crippen LogP contribution in [0.2, 0.25) is 0 Å². The molecule has 1 aromatic rings. The average Bonchev–Trinajstić information content (AvgIpc) is 2.58. The highest BCUT2D eigenvalue weighted by molar-refractivity contribution is 7.98. The molecule has 11 heavy (non-hydrogen) atoms. The van der Waals surface area contributed by atoms with E-state index in [-0.39, 0.29) is 0 Å². The van der Waals surface area contributed by atoms with Crippen molar-refractivity contribution in [3.05, 3.63) is 30.1 Å². The van der Waals surface area contributed by atoms with Gasteiger partial charge in [-0.25, -0.2) is 0 Å². The molecule has 56 valence electrons. The molecule has 2 rings (SSSR count). The largest absolute Gasteiger partial charge is 0.311 e. The van der Waals surface area contributed by atoms with Crippen LogP contribution in [0.5, 0.6) is 0 Å². The highest BCUT2D eigenvalue weighted by Gasteiger charge is 2.07. The van der Waals surface area contributed by atoms with Crippen molar-refractivity contribution in [3.8, 4) is 0 Å². The number of amidine groups is 1. The molecule has 0 unspecified atom stereocenters. The Morgan fingerprint density at radius 2 is 2.45 bits per heavy atom. The van der Waals surface area contributed by atoms with Gasteiger partial charge in [0.25, 0.3) is 0 Å². The molecule has 2 heterocycles. The van der Waals surface area contributed by atoms with Crippen molar-refractivity contribution < 1.29 is 0 Å². The third-order valence-electron chi connectivity index (χ3n) is 1.36. The summed E-state index contributed by atoms with van der Waals surface area (Å²) >= 11 is 1.58. The lowest BCUT2D eigenvalue weighted by atomic mass is 10.3. The van der Waals surface area contributed by atoms with Gasteiger partial charge in [0.15, 0.2) is 5.84 Å². The zero-order valence-corrected chi connectivity index (χ0v) is 6.64. The van der Waals surface area contributed by atoms with E-state index in [1.165, 1.54) is 0 Å². The van der Waals surface area contributed by atoms with E-state index in [0.29, 0.717) is 0 Å². The SMILES string of the molecule is c1ccc(C2=NCSN2)nc1. The molecule has 1 aliphatic rings. The second-order valence-corrected chi connectivity index (χ2v) is 2.85. The van der Waals surface area contributed by atoms with Gasteiger partial charge in [-0.2, -0.15) is 0 Å². The first-order valence-corrected chi connectivity index (χ1v) is 4.29. The lowest BCUT2D eigenvalue weighted by Crippen LogP contribution is -2.13. The zero-order valence-electron chi connectivity index (χ0n) is 5.82. The molecule has 0 aromatic carbocycles. The van der Waals surface area contributed by atoms with Gasteiger partial charge in [0, 0.05) is 6.20 Å². The van der Waals surface area contributed by atoms with Crippen molar-refractivity contribution in [1.29, 1.82) is 0 Å². The maximum absolute atomic E-state index is 4.21. The van der Waals surface area contributed by atoms with Gasteiger partial charge < -0.3 is 4.72 Å². The highest BCUT2D eigenvalue weighted by atomic mass is 32.2. The Bertz CT molecular complexity index is 270. The Morgan fingerprint density at radius 1 is 1.45 bits per heavy atom. The number of pyridine rings is 1. The van der Waals surface area contributed by atoms with E-state index in [1.54, 1.807) is 18.1 Å². The average molecular weight is 165 g/mol. The number of nitrogens with one attached hydrogen (secondary N) is 1. The molecule has 1 aliphatic heterocycles. The number of aliphatic imine (C=N–C) groups is 1. The van der Waals surface area contributed by atoms with E-state index >= 15 is 0 Å². The number of rotatable bonds is 1. The maximum Gasteiger partial charge on any atom is 0.158 e. The fourth-order valence-electron chi connectivity index (χ4n) is 0.866. The molecule has 0 amide bonds. The molecule has 0 radical (unpaired) electrons. The van der Waals surface area contributed by atoms with E-state index in [9.17, 15) is 0 Å². The molecule has 1 N–H and O–H groups in total. The summed E-state index contributed by atoms with van der Waals surface area (Å²) in [4.78, 5) is 8.37. The Hall–Kier alpha value is -1.03. The highest BCUT2D eigenvalue weighted by Crippen LogP contribution is 2.07. The number of aromatic nitrogens is 1. The maximum atomic E-state index is 4.21. The Kier molecular flexibility index (Phi) is 1.77. The smallest absolute Gasteiger partial charge is 0.158 e. The van der Waals surface area contributed by atoms with Gasteiger partial charge in [0.05, 0.1) is 0 Å². The van der Waals surface area contributed by atoms with Crippen LogP contribution in [0.3, 0.4) is 0 Å². The van der Waals surface area contributed by atoms with E-state index in [0.717, 1.165) is 17.4 Å². The first-order chi connectivity index (χ1) is 5.47. The van der Waals surface area contributed by atoms with E-state index in [4.69, 9.17) is 0 Å². The molecule has 0 saturated heterocycles. The molecule has 0 spiro atoms. The van der Waals surface area contributed by atoms with Gasteiger partial charge in [-0.1, -0.05) is 6.07 Å². The Labute approximate surface area is 69.1 Å². The van der Waals surface area contributed by atoms with Crippen LogP contribution in [0, 0.1) is 0 Å². The minimum absolute atomic E-state index is 0.784. The van der Waals surface area contributed by atoms with Crippen molar-refractivity contribution in [1.82, 2.24) is 9.71 Å². The lowest BCUT2D eigenvalue weighted by Gasteiger charge is -1.97. The second kappa shape index (κ2) is 2.92. The van der Waals surface area contributed by atoms with Crippen LogP contribution in [0.25, 0.3) is 0 Å². The van der Waals surface area contributed by atoms with Crippen LogP contribution in [0.4, 0.5) is 0 Å². The number of hydrogen-bond donors (Lipinski definition) is 1. The Morgan fingerprint density at radius 3 is 3.09 bits per heavy atom. The number of nitrogens with zero attached hydrogens (tertiary/aromatic N) is 2. The van der Waals surface area contributed by atoms with Gasteiger partial charge in [0.1, 0.15) is 11.6 Å². The van der Waals surface area contributed by atoms with Crippen LogP contribution in [-0.2, 0) is 0 Å². The topological polar surface area (TPSA) is 37.3 Å². The van der Waals surface area contributed by atoms with Crippen LogP contribution >= 0.6 is 11.9 Å². The predicted octanol–water partition coefficient (Wildman–Crippen LogP) is 1.04. The predicted molar refractivity (Wildman–Crippen MR) is 46.4 cm³/mol. The third kappa shape index (κ3) is 1.35. The van der Waals surface area contributed by atoms with E-state index in [2.05, 4.69) is 14.7 Å². The molecule has 4 heteroatoms. The Balaban J connectivity index is 2.29. The minimum atomic E-state index is 0.784. The molecular weight excluding hydrogens is 158 g/mol. The summed E-state index contributed by atoms with van der Waals surface area (Å²) in [6.07, 6.45) is 1.77. The summed E-state index contributed by atoms with van der Waals surface area (Å²) < 4.78 is 3.08. The van der Waals surface area contributed by atoms with Gasteiger partial charge >= 0.3 is 0 Å².